The average Bonchev–Trinajstić information content (AvgIpc) is 2.66. The maximum absolute atomic E-state index is 10.4. The number of nitrogens with zero attached hydrogens (tertiary/aromatic N) is 3. The second kappa shape index (κ2) is 14.1. The predicted molar refractivity (Wildman–Crippen MR) is 104 cm³/mol. The Morgan fingerprint density at radius 1 is 1.07 bits per heavy atom. The van der Waals surface area contributed by atoms with Gasteiger partial charge in [0, 0.05) is 23.5 Å². The highest BCUT2D eigenvalue weighted by Crippen LogP contribution is 2.22. The van der Waals surface area contributed by atoms with Gasteiger partial charge in [0.2, 0.25) is 0 Å². The molecule has 0 aromatic rings. The number of hydrogen-bond acceptors (Lipinski definition) is 4. The van der Waals surface area contributed by atoms with Gasteiger partial charge in [-0.15, -0.1) is 0 Å². The second-order valence-corrected chi connectivity index (χ2v) is 7.33. The molecule has 0 saturated heterocycles. The molecule has 0 spiro atoms. The molecular formula is C18H34N6O3. The molecule has 2 rings (SSSR count). The van der Waals surface area contributed by atoms with Crippen molar-refractivity contribution in [3.05, 3.63) is 10.4 Å². The Morgan fingerprint density at radius 3 is 2.00 bits per heavy atom. The predicted octanol–water partition coefficient (Wildman–Crippen LogP) is 3.44. The number of carbonyl (C=O) groups is 2. The molecule has 9 heteroatoms. The number of carboxylic acids is 1. The molecule has 5 N–H and O–H groups in total. The van der Waals surface area contributed by atoms with Crippen LogP contribution in [0.5, 0.6) is 0 Å². The molecular weight excluding hydrogens is 348 g/mol. The van der Waals surface area contributed by atoms with Crippen LogP contribution >= 0.6 is 0 Å². The van der Waals surface area contributed by atoms with Crippen LogP contribution in [0.4, 0.5) is 4.79 Å². The zero-order valence-electron chi connectivity index (χ0n) is 16.1. The van der Waals surface area contributed by atoms with Crippen LogP contribution in [0.3, 0.4) is 0 Å². The van der Waals surface area contributed by atoms with E-state index in [0.29, 0.717) is 6.42 Å². The van der Waals surface area contributed by atoms with Crippen molar-refractivity contribution in [1.82, 2.24) is 10.6 Å². The van der Waals surface area contributed by atoms with Crippen molar-refractivity contribution in [2.45, 2.75) is 95.2 Å². The topological polar surface area (TPSA) is 153 Å². The van der Waals surface area contributed by atoms with Gasteiger partial charge in [-0.2, -0.15) is 0 Å². The standard InChI is InChI=1S/C12H23N.C6H11N5O3/c1-3-7-11(8-4-1)13-12-9-5-2-6-10-12;7-6(14)9-3-1-2-4(5(12)13)10-11-8/h11-13H,1-10H2;4H,1-3H2,(H,12,13)(H3,7,9,14)/t;4-/m.0/s1. The Kier molecular flexibility index (Phi) is 12.1. The van der Waals surface area contributed by atoms with Crippen LogP contribution in [0.2, 0.25) is 0 Å². The maximum atomic E-state index is 10.4. The molecule has 0 bridgehead atoms. The van der Waals surface area contributed by atoms with Gasteiger partial charge >= 0.3 is 12.0 Å². The molecule has 2 aliphatic rings. The quantitative estimate of drug-likeness (QED) is 0.220. The highest BCUT2D eigenvalue weighted by molar-refractivity contribution is 5.73. The van der Waals surface area contributed by atoms with Gasteiger partial charge in [0.1, 0.15) is 6.04 Å². The lowest BCUT2D eigenvalue weighted by Gasteiger charge is -2.30. The van der Waals surface area contributed by atoms with Crippen molar-refractivity contribution < 1.29 is 14.7 Å². The third-order valence-corrected chi connectivity index (χ3v) is 5.11. The van der Waals surface area contributed by atoms with Crippen molar-refractivity contribution in [3.63, 3.8) is 0 Å². The largest absolute Gasteiger partial charge is 0.481 e. The van der Waals surface area contributed by atoms with E-state index >= 15 is 0 Å². The number of azide groups is 1. The van der Waals surface area contributed by atoms with Crippen LogP contribution in [0.1, 0.15) is 77.0 Å². The summed E-state index contributed by atoms with van der Waals surface area (Å²) < 4.78 is 0. The normalized spacial score (nSPS) is 19.1. The van der Waals surface area contributed by atoms with Crippen LogP contribution in [0.25, 0.3) is 10.4 Å². The van der Waals surface area contributed by atoms with E-state index in [0.717, 1.165) is 12.1 Å². The van der Waals surface area contributed by atoms with Crippen molar-refractivity contribution >= 4 is 12.0 Å². The van der Waals surface area contributed by atoms with Crippen LogP contribution < -0.4 is 16.4 Å². The zero-order valence-corrected chi connectivity index (χ0v) is 16.1. The fourth-order valence-electron chi connectivity index (χ4n) is 3.67. The minimum absolute atomic E-state index is 0.166. The van der Waals surface area contributed by atoms with E-state index in [1.807, 2.05) is 0 Å². The Labute approximate surface area is 161 Å². The molecule has 2 amide bonds. The summed E-state index contributed by atoms with van der Waals surface area (Å²) in [6.45, 7) is 0.264. The lowest BCUT2D eigenvalue weighted by Crippen LogP contribution is -2.40. The maximum Gasteiger partial charge on any atom is 0.312 e. The number of hydrogen-bond donors (Lipinski definition) is 4. The molecule has 0 aromatic heterocycles. The van der Waals surface area contributed by atoms with Crippen molar-refractivity contribution in [2.75, 3.05) is 6.54 Å². The SMILES string of the molecule is C1CCC(NC2CCCCC2)CC1.[N-]=[N+]=N[C@@H](CCCNC(N)=O)C(=O)O. The summed E-state index contributed by atoms with van der Waals surface area (Å²) in [7, 11) is 0. The molecule has 1 atom stereocenters. The van der Waals surface area contributed by atoms with E-state index in [1.165, 1.54) is 64.2 Å². The van der Waals surface area contributed by atoms with Gasteiger partial charge in [0.25, 0.3) is 0 Å². The van der Waals surface area contributed by atoms with E-state index in [4.69, 9.17) is 16.4 Å². The Bertz CT molecular complexity index is 465. The molecule has 2 saturated carbocycles. The number of primary amides is 1. The first-order valence-electron chi connectivity index (χ1n) is 10.1. The summed E-state index contributed by atoms with van der Waals surface area (Å²) in [6, 6.07) is -0.0102. The average molecular weight is 383 g/mol. The highest BCUT2D eigenvalue weighted by atomic mass is 16.4. The van der Waals surface area contributed by atoms with Crippen LogP contribution in [0.15, 0.2) is 5.11 Å². The highest BCUT2D eigenvalue weighted by Gasteiger charge is 2.19. The number of carboxylic acid groups (broad SMARTS) is 1. The monoisotopic (exact) mass is 382 g/mol. The molecule has 0 unspecified atom stereocenters. The number of rotatable bonds is 8. The number of aliphatic carboxylic acids is 1. The summed E-state index contributed by atoms with van der Waals surface area (Å²) in [6.07, 6.45) is 15.1. The summed E-state index contributed by atoms with van der Waals surface area (Å²) in [5.41, 5.74) is 12.8. The van der Waals surface area contributed by atoms with Crippen molar-refractivity contribution in [2.24, 2.45) is 10.8 Å². The minimum atomic E-state index is -1.18. The van der Waals surface area contributed by atoms with E-state index in [1.54, 1.807) is 0 Å². The molecule has 9 nitrogen and oxygen atoms in total. The summed E-state index contributed by atoms with van der Waals surface area (Å²) >= 11 is 0. The second-order valence-electron chi connectivity index (χ2n) is 7.33. The Hall–Kier alpha value is -1.99. The zero-order chi connectivity index (χ0) is 19.9. The van der Waals surface area contributed by atoms with Crippen LogP contribution in [0, 0.1) is 0 Å². The van der Waals surface area contributed by atoms with Gasteiger partial charge in [-0.3, -0.25) is 4.79 Å². The molecule has 0 heterocycles. The minimum Gasteiger partial charge on any atom is -0.481 e. The summed E-state index contributed by atoms with van der Waals surface area (Å²) in [4.78, 5) is 23.1. The molecule has 154 valence electrons. The molecule has 2 aliphatic carbocycles. The van der Waals surface area contributed by atoms with Crippen LogP contribution in [-0.4, -0.2) is 41.8 Å². The summed E-state index contributed by atoms with van der Waals surface area (Å²) in [5, 5.41) is 17.8. The smallest absolute Gasteiger partial charge is 0.312 e. The van der Waals surface area contributed by atoms with E-state index < -0.39 is 18.0 Å². The number of urea groups is 1. The third kappa shape index (κ3) is 11.4. The first-order valence-corrected chi connectivity index (χ1v) is 10.1. The van der Waals surface area contributed by atoms with E-state index in [9.17, 15) is 9.59 Å². The number of carbonyl (C=O) groups excluding carboxylic acids is 1. The van der Waals surface area contributed by atoms with Gasteiger partial charge in [-0.1, -0.05) is 43.6 Å². The molecule has 2 fully saturated rings. The lowest BCUT2D eigenvalue weighted by atomic mass is 9.91. The summed E-state index contributed by atoms with van der Waals surface area (Å²) in [5.74, 6) is -1.18. The van der Waals surface area contributed by atoms with Crippen molar-refractivity contribution in [1.29, 1.82) is 0 Å². The fraction of sp³-hybridized carbons (Fsp3) is 0.889. The van der Waals surface area contributed by atoms with Gasteiger partial charge in [-0.25, -0.2) is 4.79 Å². The number of amides is 2. The Balaban J connectivity index is 0.000000270. The van der Waals surface area contributed by atoms with Crippen LogP contribution in [-0.2, 0) is 4.79 Å². The molecule has 0 aliphatic heterocycles. The van der Waals surface area contributed by atoms with Gasteiger partial charge in [0.05, 0.1) is 0 Å². The molecule has 0 radical (unpaired) electrons. The van der Waals surface area contributed by atoms with Gasteiger partial charge in [-0.05, 0) is 44.1 Å². The molecule has 27 heavy (non-hydrogen) atoms. The van der Waals surface area contributed by atoms with Gasteiger partial charge < -0.3 is 21.5 Å². The number of nitrogens with two attached hydrogens (primary N) is 1. The van der Waals surface area contributed by atoms with E-state index in [-0.39, 0.29) is 13.0 Å². The lowest BCUT2D eigenvalue weighted by molar-refractivity contribution is -0.138. The Morgan fingerprint density at radius 2 is 1.59 bits per heavy atom. The van der Waals surface area contributed by atoms with E-state index in [2.05, 4.69) is 20.7 Å². The third-order valence-electron chi connectivity index (χ3n) is 5.11. The van der Waals surface area contributed by atoms with Crippen molar-refractivity contribution in [3.8, 4) is 0 Å². The number of nitrogens with one attached hydrogen (secondary N) is 2. The molecule has 0 aromatic carbocycles. The van der Waals surface area contributed by atoms with Gasteiger partial charge in [0.15, 0.2) is 0 Å². The fourth-order valence-corrected chi connectivity index (χ4v) is 3.67. The first kappa shape index (κ1) is 23.0. The first-order chi connectivity index (χ1) is 13.0.